The Hall–Kier alpha value is -2.96. The lowest BCUT2D eigenvalue weighted by atomic mass is 9.79. The van der Waals surface area contributed by atoms with Gasteiger partial charge in [0.1, 0.15) is 5.82 Å². The largest absolute Gasteiger partial charge is 0.478 e. The minimum absolute atomic E-state index is 0.113. The number of benzene rings is 3. The number of ether oxygens (including phenoxy) is 1. The van der Waals surface area contributed by atoms with E-state index in [-0.39, 0.29) is 24.2 Å². The lowest BCUT2D eigenvalue weighted by molar-refractivity contribution is -0.154. The Kier molecular flexibility index (Phi) is 8.50. The zero-order chi connectivity index (χ0) is 26.6. The Balaban J connectivity index is 1.38. The van der Waals surface area contributed by atoms with Crippen LogP contribution in [0.15, 0.2) is 55.1 Å². The van der Waals surface area contributed by atoms with Crippen molar-refractivity contribution in [1.29, 1.82) is 0 Å². The zero-order valence-corrected chi connectivity index (χ0v) is 20.5. The van der Waals surface area contributed by atoms with Crippen molar-refractivity contribution < 1.29 is 31.1 Å². The van der Waals surface area contributed by atoms with E-state index in [1.807, 2.05) is 18.2 Å². The van der Waals surface area contributed by atoms with Crippen LogP contribution in [0.25, 0.3) is 10.8 Å². The molecule has 0 unspecified atom stereocenters. The molecule has 198 valence electrons. The van der Waals surface area contributed by atoms with Crippen molar-refractivity contribution in [3.63, 3.8) is 0 Å². The topological polar surface area (TPSA) is 9.23 Å². The highest BCUT2D eigenvalue weighted by atomic mass is 19.4. The third-order valence-corrected chi connectivity index (χ3v) is 7.29. The van der Waals surface area contributed by atoms with E-state index in [2.05, 4.69) is 17.4 Å². The van der Waals surface area contributed by atoms with Crippen LogP contribution in [0, 0.1) is 29.3 Å². The van der Waals surface area contributed by atoms with Gasteiger partial charge in [-0.2, -0.15) is 13.2 Å². The van der Waals surface area contributed by atoms with E-state index in [1.54, 1.807) is 12.1 Å². The second kappa shape index (κ2) is 11.6. The average Bonchev–Trinajstić information content (AvgIpc) is 2.86. The zero-order valence-electron chi connectivity index (χ0n) is 20.5. The fourth-order valence-electron chi connectivity index (χ4n) is 5.15. The Morgan fingerprint density at radius 2 is 1.54 bits per heavy atom. The van der Waals surface area contributed by atoms with Gasteiger partial charge in [0, 0.05) is 5.39 Å². The van der Waals surface area contributed by atoms with Crippen LogP contribution in [0.3, 0.4) is 0 Å². The second-order valence-electron chi connectivity index (χ2n) is 9.94. The second-order valence-corrected chi connectivity index (χ2v) is 9.94. The summed E-state index contributed by atoms with van der Waals surface area (Å²) >= 11 is 0. The van der Waals surface area contributed by atoms with Gasteiger partial charge in [-0.1, -0.05) is 36.4 Å². The molecular weight excluding hydrogens is 490 g/mol. The summed E-state index contributed by atoms with van der Waals surface area (Å²) in [7, 11) is 0. The van der Waals surface area contributed by atoms with Crippen molar-refractivity contribution in [3.8, 4) is 5.75 Å². The number of hydrogen-bond acceptors (Lipinski definition) is 1. The molecule has 3 aromatic carbocycles. The quantitative estimate of drug-likeness (QED) is 0.202. The molecule has 1 fully saturated rings. The van der Waals surface area contributed by atoms with Crippen molar-refractivity contribution in [1.82, 2.24) is 0 Å². The first-order valence-electron chi connectivity index (χ1n) is 12.6. The molecule has 1 aliphatic carbocycles. The molecule has 4 rings (SSSR count). The van der Waals surface area contributed by atoms with Crippen LogP contribution in [0.2, 0.25) is 0 Å². The predicted molar refractivity (Wildman–Crippen MR) is 133 cm³/mol. The van der Waals surface area contributed by atoms with Crippen LogP contribution in [0.4, 0.5) is 26.3 Å². The van der Waals surface area contributed by atoms with Gasteiger partial charge in [-0.15, -0.1) is 6.58 Å². The SMILES string of the molecule is C=CC1CCC(CCc2ccc3c(F)c(CCc4cc(F)c(OCC(F)(F)F)c(F)c4)ccc3c2)CC1. The highest BCUT2D eigenvalue weighted by molar-refractivity contribution is 5.84. The minimum atomic E-state index is -4.71. The van der Waals surface area contributed by atoms with E-state index >= 15 is 4.39 Å². The Labute approximate surface area is 213 Å². The summed E-state index contributed by atoms with van der Waals surface area (Å²) in [5, 5.41) is 1.29. The van der Waals surface area contributed by atoms with Crippen molar-refractivity contribution in [3.05, 3.63) is 89.3 Å². The average molecular weight is 521 g/mol. The Morgan fingerprint density at radius 1 is 0.838 bits per heavy atom. The highest BCUT2D eigenvalue weighted by Gasteiger charge is 2.30. The molecule has 1 aliphatic rings. The number of alkyl halides is 3. The van der Waals surface area contributed by atoms with Crippen molar-refractivity contribution >= 4 is 10.8 Å². The smallest absolute Gasteiger partial charge is 0.422 e. The molecule has 0 aromatic heterocycles. The number of hydrogen-bond donors (Lipinski definition) is 0. The van der Waals surface area contributed by atoms with Crippen LogP contribution in [-0.4, -0.2) is 12.8 Å². The monoisotopic (exact) mass is 520 g/mol. The molecular formula is C30H30F6O. The molecule has 0 atom stereocenters. The molecule has 0 aliphatic heterocycles. The number of fused-ring (bicyclic) bond motifs is 1. The van der Waals surface area contributed by atoms with E-state index in [0.29, 0.717) is 22.8 Å². The van der Waals surface area contributed by atoms with Crippen LogP contribution < -0.4 is 4.74 Å². The lowest BCUT2D eigenvalue weighted by Gasteiger charge is -2.26. The van der Waals surface area contributed by atoms with Crippen molar-refractivity contribution in [2.24, 2.45) is 11.8 Å². The fourth-order valence-corrected chi connectivity index (χ4v) is 5.15. The maximum Gasteiger partial charge on any atom is 0.422 e. The normalized spacial score (nSPS) is 18.2. The van der Waals surface area contributed by atoms with Gasteiger partial charge in [0.2, 0.25) is 0 Å². The third kappa shape index (κ3) is 7.08. The van der Waals surface area contributed by atoms with Crippen molar-refractivity contribution in [2.45, 2.75) is 57.5 Å². The maximum atomic E-state index is 15.2. The first kappa shape index (κ1) is 27.1. The van der Waals surface area contributed by atoms with Crippen molar-refractivity contribution in [2.75, 3.05) is 6.61 Å². The van der Waals surface area contributed by atoms with E-state index in [0.717, 1.165) is 30.4 Å². The molecule has 0 radical (unpaired) electrons. The van der Waals surface area contributed by atoms with Gasteiger partial charge >= 0.3 is 6.18 Å². The maximum absolute atomic E-state index is 15.2. The van der Waals surface area contributed by atoms with E-state index in [1.165, 1.54) is 31.2 Å². The fraction of sp³-hybridized carbons (Fsp3) is 0.400. The summed E-state index contributed by atoms with van der Waals surface area (Å²) in [5.74, 6) is -2.54. The van der Waals surface area contributed by atoms with Crippen LogP contribution in [0.1, 0.15) is 48.8 Å². The number of halogens is 6. The lowest BCUT2D eigenvalue weighted by Crippen LogP contribution is -2.20. The molecule has 0 saturated heterocycles. The summed E-state index contributed by atoms with van der Waals surface area (Å²) in [5.41, 5.74) is 1.77. The predicted octanol–water partition coefficient (Wildman–Crippen LogP) is 8.91. The van der Waals surface area contributed by atoms with Gasteiger partial charge in [-0.3, -0.25) is 0 Å². The Morgan fingerprint density at radius 3 is 2.19 bits per heavy atom. The Bertz CT molecular complexity index is 1220. The number of allylic oxidation sites excluding steroid dienone is 1. The van der Waals surface area contributed by atoms with Crippen LogP contribution >= 0.6 is 0 Å². The van der Waals surface area contributed by atoms with Gasteiger partial charge in [-0.25, -0.2) is 13.2 Å². The first-order chi connectivity index (χ1) is 17.6. The van der Waals surface area contributed by atoms with Gasteiger partial charge in [0.25, 0.3) is 0 Å². The molecule has 0 heterocycles. The molecule has 1 nitrogen and oxygen atoms in total. The third-order valence-electron chi connectivity index (χ3n) is 7.29. The van der Waals surface area contributed by atoms with Crippen LogP contribution in [0.5, 0.6) is 5.75 Å². The first-order valence-corrected chi connectivity index (χ1v) is 12.6. The van der Waals surface area contributed by atoms with E-state index in [9.17, 15) is 22.0 Å². The summed E-state index contributed by atoms with van der Waals surface area (Å²) < 4.78 is 84.6. The standard InChI is InChI=1S/C30H30F6O/c1-2-19-3-5-20(6-4-19)7-8-21-10-14-25-24(15-21)13-12-23(28(25)33)11-9-22-16-26(31)29(27(32)17-22)37-18-30(34,35)36/h2,10,12-17,19-20H,1,3-9,11,18H2. The molecule has 3 aromatic rings. The van der Waals surface area contributed by atoms with Gasteiger partial charge in [0.15, 0.2) is 24.0 Å². The molecule has 0 spiro atoms. The summed E-state index contributed by atoms with van der Waals surface area (Å²) in [6, 6.07) is 11.1. The molecule has 0 bridgehead atoms. The van der Waals surface area contributed by atoms with E-state index < -0.39 is 30.2 Å². The number of rotatable bonds is 9. The molecule has 1 saturated carbocycles. The van der Waals surface area contributed by atoms with Gasteiger partial charge in [0.05, 0.1) is 0 Å². The highest BCUT2D eigenvalue weighted by Crippen LogP contribution is 2.33. The molecule has 7 heteroatoms. The molecule has 0 amide bonds. The molecule has 0 N–H and O–H groups in total. The summed E-state index contributed by atoms with van der Waals surface area (Å²) in [6.07, 6.45) is 4.55. The van der Waals surface area contributed by atoms with Gasteiger partial charge in [-0.05, 0) is 97.4 Å². The van der Waals surface area contributed by atoms with Crippen LogP contribution in [-0.2, 0) is 19.3 Å². The summed E-state index contributed by atoms with van der Waals surface area (Å²) in [6.45, 7) is 2.11. The minimum Gasteiger partial charge on any atom is -0.478 e. The van der Waals surface area contributed by atoms with E-state index in [4.69, 9.17) is 0 Å². The number of aryl methyl sites for hydroxylation is 3. The molecule has 37 heavy (non-hydrogen) atoms. The van der Waals surface area contributed by atoms with Gasteiger partial charge < -0.3 is 4.74 Å². The summed E-state index contributed by atoms with van der Waals surface area (Å²) in [4.78, 5) is 0.